The van der Waals surface area contributed by atoms with Gasteiger partial charge in [0.2, 0.25) is 15.9 Å². The summed E-state index contributed by atoms with van der Waals surface area (Å²) >= 11 is 0. The van der Waals surface area contributed by atoms with Crippen molar-refractivity contribution in [3.05, 3.63) is 77.1 Å². The number of nitrogens with one attached hydrogen (secondary N) is 3. The molecular weight excluding hydrogens is 750 g/mol. The van der Waals surface area contributed by atoms with Crippen LogP contribution in [0.2, 0.25) is 0 Å². The molecule has 4 unspecified atom stereocenters. The molecule has 1 amide bonds. The molecule has 2 aliphatic rings. The fourth-order valence-corrected chi connectivity index (χ4v) is 7.02. The van der Waals surface area contributed by atoms with E-state index in [4.69, 9.17) is 15.1 Å². The van der Waals surface area contributed by atoms with Crippen LogP contribution in [-0.2, 0) is 33.0 Å². The molecule has 4 atom stereocenters. The van der Waals surface area contributed by atoms with E-state index in [1.54, 1.807) is 37.4 Å². The number of aryl methyl sites for hydroxylation is 1. The number of anilines is 1. The number of hydrogen-bond donors (Lipinski definition) is 4. The Morgan fingerprint density at radius 2 is 1.85 bits per heavy atom. The topological polar surface area (TPSA) is 172 Å². The maximum atomic E-state index is 14.5. The molecule has 0 bridgehead atoms. The third-order valence-corrected chi connectivity index (χ3v) is 9.47. The van der Waals surface area contributed by atoms with Crippen LogP contribution in [0.25, 0.3) is 22.0 Å². The van der Waals surface area contributed by atoms with Gasteiger partial charge in [-0.05, 0) is 74.4 Å². The third kappa shape index (κ3) is 9.35. The molecule has 1 saturated carbocycles. The number of fused-ring (bicyclic) bond motifs is 2. The Balaban J connectivity index is 1.47. The van der Waals surface area contributed by atoms with Crippen LogP contribution in [0.5, 0.6) is 0 Å². The fourth-order valence-electron chi connectivity index (χ4n) is 6.52. The summed E-state index contributed by atoms with van der Waals surface area (Å²) in [4.78, 5) is 22.7. The summed E-state index contributed by atoms with van der Waals surface area (Å²) in [6, 6.07) is 9.84. The summed E-state index contributed by atoms with van der Waals surface area (Å²) in [6.07, 6.45) is -5.49. The van der Waals surface area contributed by atoms with Gasteiger partial charge in [-0.15, -0.1) is 0 Å². The second-order valence-corrected chi connectivity index (χ2v) is 15.8. The first-order chi connectivity index (χ1) is 25.7. The smallest absolute Gasteiger partial charge is 0.378 e. The van der Waals surface area contributed by atoms with E-state index in [9.17, 15) is 40.3 Å². The maximum absolute atomic E-state index is 14.5. The molecule has 2 aromatic carbocycles. The summed E-state index contributed by atoms with van der Waals surface area (Å²) in [5.41, 5.74) is -1.39. The highest BCUT2D eigenvalue weighted by Crippen LogP contribution is 2.45. The van der Waals surface area contributed by atoms with E-state index < -0.39 is 63.7 Å². The SMILES string of the molecule is Cn1nc(NS(C)(=O)=O)c2cccc(-c3ccc(C#CC(C)(C)O)nc3C(Cc3cc(F)cc(F)c3)NC(=O)CN=C3C(C(=N)C(F)(F)F)OCC4CC34)c21. The van der Waals surface area contributed by atoms with Gasteiger partial charge < -0.3 is 15.2 Å². The molecule has 2 aromatic heterocycles. The molecule has 18 heteroatoms. The molecule has 4 N–H and O–H groups in total. The zero-order valence-corrected chi connectivity index (χ0v) is 30.7. The van der Waals surface area contributed by atoms with Crippen LogP contribution in [-0.4, -0.2) is 82.9 Å². The first kappa shape index (κ1) is 39.4. The molecule has 3 heterocycles. The molecule has 1 aliphatic carbocycles. The van der Waals surface area contributed by atoms with Gasteiger partial charge in [-0.2, -0.15) is 18.3 Å². The molecular formula is C37H36F5N7O5S. The molecule has 6 rings (SSSR count). The predicted molar refractivity (Wildman–Crippen MR) is 194 cm³/mol. The minimum absolute atomic E-state index is 0.0294. The van der Waals surface area contributed by atoms with Gasteiger partial charge in [-0.3, -0.25) is 24.6 Å². The van der Waals surface area contributed by atoms with Crippen molar-refractivity contribution >= 4 is 44.1 Å². The number of nitrogens with zero attached hydrogens (tertiary/aromatic N) is 4. The minimum atomic E-state index is -4.97. The molecule has 290 valence electrons. The number of alkyl halides is 3. The van der Waals surface area contributed by atoms with Gasteiger partial charge >= 0.3 is 6.18 Å². The van der Waals surface area contributed by atoms with Gasteiger partial charge in [-0.25, -0.2) is 22.2 Å². The number of benzene rings is 2. The van der Waals surface area contributed by atoms with Crippen molar-refractivity contribution in [2.75, 3.05) is 24.1 Å². The van der Waals surface area contributed by atoms with Crippen LogP contribution in [0.4, 0.5) is 27.8 Å². The number of rotatable bonds is 10. The number of carbonyl (C=O) groups excluding carboxylic acids is 1. The van der Waals surface area contributed by atoms with E-state index in [0.717, 1.165) is 18.4 Å². The van der Waals surface area contributed by atoms with Gasteiger partial charge in [0.05, 0.1) is 35.8 Å². The number of amides is 1. The van der Waals surface area contributed by atoms with Crippen molar-refractivity contribution in [3.8, 4) is 23.0 Å². The lowest BCUT2D eigenvalue weighted by molar-refractivity contribution is -0.120. The number of para-hydroxylation sites is 1. The number of aliphatic imine (C=N–C) groups is 1. The fraction of sp³-hybridized carbons (Fsp3) is 0.378. The average Bonchev–Trinajstić information content (AvgIpc) is 3.80. The van der Waals surface area contributed by atoms with E-state index in [0.29, 0.717) is 34.5 Å². The molecule has 4 aromatic rings. The Bertz CT molecular complexity index is 2380. The Morgan fingerprint density at radius 3 is 2.51 bits per heavy atom. The zero-order chi connectivity index (χ0) is 40.0. The average molecular weight is 786 g/mol. The second-order valence-electron chi connectivity index (χ2n) is 14.1. The van der Waals surface area contributed by atoms with Crippen LogP contribution in [0.1, 0.15) is 43.3 Å². The van der Waals surface area contributed by atoms with Gasteiger partial charge in [0.1, 0.15) is 41.3 Å². The van der Waals surface area contributed by atoms with Crippen molar-refractivity contribution in [1.82, 2.24) is 20.1 Å². The van der Waals surface area contributed by atoms with Crippen LogP contribution in [0, 0.1) is 40.7 Å². The largest absolute Gasteiger partial charge is 0.431 e. The van der Waals surface area contributed by atoms with Crippen molar-refractivity contribution in [1.29, 1.82) is 5.41 Å². The zero-order valence-electron chi connectivity index (χ0n) is 29.9. The quantitative estimate of drug-likeness (QED) is 0.101. The van der Waals surface area contributed by atoms with Gasteiger partial charge in [0, 0.05) is 35.5 Å². The lowest BCUT2D eigenvalue weighted by atomic mass is 9.93. The summed E-state index contributed by atoms with van der Waals surface area (Å²) in [7, 11) is -2.14. The van der Waals surface area contributed by atoms with E-state index in [1.807, 2.05) is 0 Å². The molecule has 1 saturated heterocycles. The molecule has 2 fully saturated rings. The van der Waals surface area contributed by atoms with E-state index in [-0.39, 0.29) is 53.3 Å². The van der Waals surface area contributed by atoms with E-state index >= 15 is 0 Å². The molecule has 1 aliphatic heterocycles. The summed E-state index contributed by atoms with van der Waals surface area (Å²) < 4.78 is 103. The van der Waals surface area contributed by atoms with Crippen molar-refractivity contribution < 1.29 is 45.0 Å². The Labute approximate surface area is 312 Å². The monoisotopic (exact) mass is 785 g/mol. The maximum Gasteiger partial charge on any atom is 0.431 e. The van der Waals surface area contributed by atoms with Crippen LogP contribution in [0.15, 0.2) is 53.5 Å². The highest BCUT2D eigenvalue weighted by molar-refractivity contribution is 7.92. The van der Waals surface area contributed by atoms with Crippen LogP contribution in [0.3, 0.4) is 0 Å². The third-order valence-electron chi connectivity index (χ3n) is 8.91. The number of halogens is 5. The standard InChI is InChI=1S/C37H36F5N7O5S/c1-36(2,51)11-10-23-8-9-24(25-6-5-7-26-32(25)49(3)47-35(26)48-55(4,52)53)30(45-23)28(14-19-12-21(38)16-22(39)13-19)46-29(50)17-44-31-27-15-20(27)18-54-33(31)34(43)37(40,41)42/h5-9,12-13,16,20,27-28,33,43,51H,14-15,17-18H2,1-4H3,(H,46,50)(H,47,48). The molecule has 0 radical (unpaired) electrons. The van der Waals surface area contributed by atoms with Gasteiger partial charge in [-0.1, -0.05) is 18.1 Å². The summed E-state index contributed by atoms with van der Waals surface area (Å²) in [5, 5.41) is 25.5. The number of pyridine rings is 1. The van der Waals surface area contributed by atoms with Crippen molar-refractivity contribution in [3.63, 3.8) is 0 Å². The number of carbonyl (C=O) groups is 1. The van der Waals surface area contributed by atoms with Crippen LogP contribution >= 0.6 is 0 Å². The summed E-state index contributed by atoms with van der Waals surface area (Å²) in [5.74, 6) is 2.51. The van der Waals surface area contributed by atoms with Crippen molar-refractivity contribution in [2.24, 2.45) is 23.9 Å². The minimum Gasteiger partial charge on any atom is -0.378 e. The van der Waals surface area contributed by atoms with Gasteiger partial charge in [0.15, 0.2) is 5.82 Å². The highest BCUT2D eigenvalue weighted by atomic mass is 32.2. The number of aliphatic hydroxyl groups is 1. The molecule has 55 heavy (non-hydrogen) atoms. The Kier molecular flexibility index (Phi) is 10.6. The molecule has 0 spiro atoms. The Morgan fingerprint density at radius 1 is 1.15 bits per heavy atom. The van der Waals surface area contributed by atoms with E-state index in [1.165, 1.54) is 18.5 Å². The predicted octanol–water partition coefficient (Wildman–Crippen LogP) is 4.87. The first-order valence-electron chi connectivity index (χ1n) is 16.9. The lowest BCUT2D eigenvalue weighted by Gasteiger charge is -2.26. The van der Waals surface area contributed by atoms with Crippen molar-refractivity contribution in [2.45, 2.75) is 50.6 Å². The number of ether oxygens (including phenoxy) is 1. The molecule has 12 nitrogen and oxygen atoms in total. The normalized spacial score (nSPS) is 19.7. The number of aromatic nitrogens is 3. The lowest BCUT2D eigenvalue weighted by Crippen LogP contribution is -2.45. The Hall–Kier alpha value is -5.25. The number of hydrogen-bond acceptors (Lipinski definition) is 9. The van der Waals surface area contributed by atoms with Crippen LogP contribution < -0.4 is 10.0 Å². The summed E-state index contributed by atoms with van der Waals surface area (Å²) in [6.45, 7) is 2.29. The first-order valence-corrected chi connectivity index (χ1v) is 18.8. The van der Waals surface area contributed by atoms with Gasteiger partial charge in [0.25, 0.3) is 0 Å². The number of sulfonamides is 1. The highest BCUT2D eigenvalue weighted by Gasteiger charge is 2.53. The van der Waals surface area contributed by atoms with E-state index in [2.05, 4.69) is 32.0 Å². The second kappa shape index (κ2) is 14.8.